The van der Waals surface area contributed by atoms with Crippen LogP contribution < -0.4 is 56.1 Å². The smallest absolute Gasteiger partial charge is 0.744 e. The summed E-state index contributed by atoms with van der Waals surface area (Å²) in [5.74, 6) is 0.584. The van der Waals surface area contributed by atoms with Gasteiger partial charge in [0.25, 0.3) is 0 Å². The fourth-order valence-electron chi connectivity index (χ4n) is 3.77. The number of para-hydroxylation sites is 1. The molecule has 2 rings (SSSR count). The number of rotatable bonds is 16. The standard InChI is InChI=1S/C26H38O4S.K/c1-2-3-4-5-6-7-8-9-10-11-12-14-17-23-20-21-25(26(22-23)31(27,28)29)30-24-18-15-13-16-19-24;/h13,15-16,18-22H,2-12,14,17H2,1H3,(H,27,28,29);/q;+1/p-1. The van der Waals surface area contributed by atoms with E-state index in [1.165, 1.54) is 70.3 Å². The Bertz CT molecular complexity index is 853. The second kappa shape index (κ2) is 17.3. The van der Waals surface area contributed by atoms with Crippen molar-refractivity contribution in [1.29, 1.82) is 0 Å². The molecule has 0 unspecified atom stereocenters. The first-order chi connectivity index (χ1) is 15.0. The maximum Gasteiger partial charge on any atom is 1.00 e. The van der Waals surface area contributed by atoms with E-state index in [0.717, 1.165) is 24.8 Å². The number of hydrogen-bond donors (Lipinski definition) is 0. The molecule has 0 amide bonds. The van der Waals surface area contributed by atoms with Crippen molar-refractivity contribution in [2.45, 2.75) is 95.3 Å². The molecule has 2 aromatic rings. The van der Waals surface area contributed by atoms with Gasteiger partial charge in [-0.3, -0.25) is 0 Å². The van der Waals surface area contributed by atoms with E-state index in [2.05, 4.69) is 6.92 Å². The molecule has 172 valence electrons. The third-order valence-electron chi connectivity index (χ3n) is 5.57. The fourth-order valence-corrected chi connectivity index (χ4v) is 4.43. The first-order valence-electron chi connectivity index (χ1n) is 11.8. The number of ether oxygens (including phenoxy) is 1. The maximum atomic E-state index is 11.7. The van der Waals surface area contributed by atoms with Gasteiger partial charge in [-0.05, 0) is 42.7 Å². The Balaban J connectivity index is 0.00000512. The summed E-state index contributed by atoms with van der Waals surface area (Å²) in [5, 5.41) is 0. The maximum absolute atomic E-state index is 11.7. The van der Waals surface area contributed by atoms with E-state index in [0.29, 0.717) is 5.75 Å². The van der Waals surface area contributed by atoms with Gasteiger partial charge in [-0.1, -0.05) is 102 Å². The molecular formula is C26H37KO4S. The molecular weight excluding hydrogens is 447 g/mol. The van der Waals surface area contributed by atoms with Crippen molar-refractivity contribution in [2.24, 2.45) is 0 Å². The van der Waals surface area contributed by atoms with Gasteiger partial charge in [0.15, 0.2) is 0 Å². The van der Waals surface area contributed by atoms with Crippen molar-refractivity contribution in [1.82, 2.24) is 0 Å². The normalized spacial score (nSPS) is 11.2. The van der Waals surface area contributed by atoms with Crippen LogP contribution in [0.4, 0.5) is 0 Å². The minimum absolute atomic E-state index is 0. The number of benzene rings is 2. The van der Waals surface area contributed by atoms with Crippen molar-refractivity contribution in [3.63, 3.8) is 0 Å². The zero-order valence-corrected chi connectivity index (χ0v) is 23.8. The Morgan fingerprint density at radius 3 is 1.81 bits per heavy atom. The first kappa shape index (κ1) is 29.8. The summed E-state index contributed by atoms with van der Waals surface area (Å²) in [6.07, 6.45) is 16.1. The van der Waals surface area contributed by atoms with Crippen LogP contribution in [0.25, 0.3) is 0 Å². The van der Waals surface area contributed by atoms with E-state index < -0.39 is 10.1 Å². The molecule has 0 N–H and O–H groups in total. The van der Waals surface area contributed by atoms with Gasteiger partial charge in [0.2, 0.25) is 0 Å². The summed E-state index contributed by atoms with van der Waals surface area (Å²) >= 11 is 0. The number of aryl methyl sites for hydroxylation is 1. The molecule has 0 saturated heterocycles. The average Bonchev–Trinajstić information content (AvgIpc) is 2.75. The Morgan fingerprint density at radius 1 is 0.750 bits per heavy atom. The SMILES string of the molecule is CCCCCCCCCCCCCCc1ccc(Oc2ccccc2)c(S(=O)(=O)[O-])c1.[K+]. The van der Waals surface area contributed by atoms with Gasteiger partial charge >= 0.3 is 51.4 Å². The van der Waals surface area contributed by atoms with Crippen LogP contribution >= 0.6 is 0 Å². The topological polar surface area (TPSA) is 66.4 Å². The van der Waals surface area contributed by atoms with Crippen molar-refractivity contribution in [3.8, 4) is 11.5 Å². The molecule has 0 radical (unpaired) electrons. The minimum Gasteiger partial charge on any atom is -0.744 e. The molecule has 0 aromatic heterocycles. The van der Waals surface area contributed by atoms with E-state index in [1.54, 1.807) is 30.3 Å². The molecule has 0 bridgehead atoms. The van der Waals surface area contributed by atoms with Crippen LogP contribution in [-0.4, -0.2) is 13.0 Å². The summed E-state index contributed by atoms with van der Waals surface area (Å²) < 4.78 is 40.8. The molecule has 0 atom stereocenters. The van der Waals surface area contributed by atoms with Crippen molar-refractivity contribution >= 4 is 10.1 Å². The summed E-state index contributed by atoms with van der Waals surface area (Å²) in [6.45, 7) is 2.25. The fraction of sp³-hybridized carbons (Fsp3) is 0.538. The summed E-state index contributed by atoms with van der Waals surface area (Å²) in [7, 11) is -4.61. The predicted octanol–water partition coefficient (Wildman–Crippen LogP) is 4.63. The Labute approximate surface area is 237 Å². The van der Waals surface area contributed by atoms with E-state index in [9.17, 15) is 13.0 Å². The van der Waals surface area contributed by atoms with E-state index in [4.69, 9.17) is 4.74 Å². The molecule has 0 aliphatic rings. The molecule has 0 saturated carbocycles. The van der Waals surface area contributed by atoms with Gasteiger partial charge in [-0.15, -0.1) is 0 Å². The summed E-state index contributed by atoms with van der Waals surface area (Å²) in [6, 6.07) is 13.8. The molecule has 32 heavy (non-hydrogen) atoms. The van der Waals surface area contributed by atoms with Crippen LogP contribution in [0.2, 0.25) is 0 Å². The van der Waals surface area contributed by atoms with E-state index in [-0.39, 0.29) is 62.0 Å². The summed E-state index contributed by atoms with van der Waals surface area (Å²) in [5.41, 5.74) is 0.863. The van der Waals surface area contributed by atoms with E-state index in [1.807, 2.05) is 12.1 Å². The number of unbranched alkanes of at least 4 members (excludes halogenated alkanes) is 11. The molecule has 0 aliphatic carbocycles. The summed E-state index contributed by atoms with van der Waals surface area (Å²) in [4.78, 5) is -0.284. The predicted molar refractivity (Wildman–Crippen MR) is 126 cm³/mol. The van der Waals surface area contributed by atoms with Crippen LogP contribution in [0.3, 0.4) is 0 Å². The average molecular weight is 485 g/mol. The van der Waals surface area contributed by atoms with Gasteiger partial charge in [0.1, 0.15) is 21.6 Å². The zero-order chi connectivity index (χ0) is 22.4. The molecule has 0 aliphatic heterocycles. The first-order valence-corrected chi connectivity index (χ1v) is 13.2. The van der Waals surface area contributed by atoms with E-state index >= 15 is 0 Å². The molecule has 2 aromatic carbocycles. The second-order valence-corrected chi connectivity index (χ2v) is 9.64. The van der Waals surface area contributed by atoms with Gasteiger partial charge < -0.3 is 9.29 Å². The molecule has 4 nitrogen and oxygen atoms in total. The largest absolute Gasteiger partial charge is 1.00 e. The second-order valence-electron chi connectivity index (χ2n) is 8.29. The minimum atomic E-state index is -4.61. The zero-order valence-electron chi connectivity index (χ0n) is 19.9. The van der Waals surface area contributed by atoms with Crippen LogP contribution in [0.1, 0.15) is 89.5 Å². The molecule has 0 fully saturated rings. The van der Waals surface area contributed by atoms with Crippen LogP contribution in [0.5, 0.6) is 11.5 Å². The molecule has 0 heterocycles. The third-order valence-corrected chi connectivity index (χ3v) is 6.43. The Kier molecular flexibility index (Phi) is 16.1. The third kappa shape index (κ3) is 12.3. The van der Waals surface area contributed by atoms with Crippen molar-refractivity contribution < 1.29 is 69.1 Å². The molecule has 6 heteroatoms. The van der Waals surface area contributed by atoms with Crippen LogP contribution in [-0.2, 0) is 16.5 Å². The number of hydrogen-bond acceptors (Lipinski definition) is 4. The van der Waals surface area contributed by atoms with Gasteiger partial charge in [-0.2, -0.15) is 0 Å². The van der Waals surface area contributed by atoms with Gasteiger partial charge in [0, 0.05) is 0 Å². The van der Waals surface area contributed by atoms with Gasteiger partial charge in [0.05, 0.1) is 4.90 Å². The van der Waals surface area contributed by atoms with Crippen molar-refractivity contribution in [3.05, 3.63) is 54.1 Å². The Hall–Kier alpha value is -0.214. The molecule has 0 spiro atoms. The van der Waals surface area contributed by atoms with Crippen LogP contribution in [0, 0.1) is 0 Å². The van der Waals surface area contributed by atoms with Crippen molar-refractivity contribution in [2.75, 3.05) is 0 Å². The quantitative estimate of drug-likeness (QED) is 0.198. The van der Waals surface area contributed by atoms with Gasteiger partial charge in [-0.25, -0.2) is 8.42 Å². The monoisotopic (exact) mass is 484 g/mol. The van der Waals surface area contributed by atoms with Crippen LogP contribution in [0.15, 0.2) is 53.4 Å². The Morgan fingerprint density at radius 2 is 1.28 bits per heavy atom.